The fourth-order valence-corrected chi connectivity index (χ4v) is 3.85. The van der Waals surface area contributed by atoms with Crippen molar-refractivity contribution in [1.82, 2.24) is 10.2 Å². The largest absolute Gasteiger partial charge is 0.371 e. The summed E-state index contributed by atoms with van der Waals surface area (Å²) >= 11 is 0. The van der Waals surface area contributed by atoms with Crippen molar-refractivity contribution in [3.63, 3.8) is 0 Å². The third kappa shape index (κ3) is 4.61. The van der Waals surface area contributed by atoms with Gasteiger partial charge in [0.2, 0.25) is 5.91 Å². The van der Waals surface area contributed by atoms with Crippen LogP contribution < -0.4 is 10.2 Å². The van der Waals surface area contributed by atoms with E-state index in [1.54, 1.807) is 11.9 Å². The number of carbonyl (C=O) groups excluding carboxylic acids is 3. The van der Waals surface area contributed by atoms with E-state index in [4.69, 9.17) is 0 Å². The zero-order valence-corrected chi connectivity index (χ0v) is 16.9. The molecule has 0 saturated carbocycles. The maximum Gasteiger partial charge on any atom is 0.255 e. The van der Waals surface area contributed by atoms with Crippen LogP contribution in [0, 0.1) is 5.92 Å². The summed E-state index contributed by atoms with van der Waals surface area (Å²) in [6, 6.07) is 5.27. The first kappa shape index (κ1) is 21.7. The number of hydrogen-bond donors (Lipinski definition) is 1. The van der Waals surface area contributed by atoms with Crippen molar-refractivity contribution in [3.05, 3.63) is 42.5 Å². The number of aldehydes is 1. The first-order valence-electron chi connectivity index (χ1n) is 9.88. The standard InChI is InChI=1S/C20H27N3O3.C2H4/c1-14-8-10-22(11-9-14)18-5-3-4-16-17(18)12-23(20(16)26)15(13-24)6-7-19(25)21-2;1-2/h3-5,13-15H,6-12H2,1-2H3,(H,21,25);1-2H2. The Morgan fingerprint density at radius 3 is 2.61 bits per heavy atom. The molecule has 0 radical (unpaired) electrons. The van der Waals surface area contributed by atoms with E-state index < -0.39 is 6.04 Å². The minimum Gasteiger partial charge on any atom is -0.371 e. The molecule has 2 heterocycles. The number of fused-ring (bicyclic) bond motifs is 1. The number of amides is 2. The fraction of sp³-hybridized carbons (Fsp3) is 0.500. The molecular weight excluding hydrogens is 354 g/mol. The molecule has 6 heteroatoms. The fourth-order valence-electron chi connectivity index (χ4n) is 3.85. The highest BCUT2D eigenvalue weighted by Gasteiger charge is 2.35. The van der Waals surface area contributed by atoms with Crippen molar-refractivity contribution in [2.75, 3.05) is 25.0 Å². The molecule has 1 aromatic carbocycles. The topological polar surface area (TPSA) is 69.7 Å². The van der Waals surface area contributed by atoms with Gasteiger partial charge in [-0.15, -0.1) is 13.2 Å². The smallest absolute Gasteiger partial charge is 0.255 e. The lowest BCUT2D eigenvalue weighted by atomic mass is 9.97. The SMILES string of the molecule is C=C.CNC(=O)CCC(C=O)N1Cc2c(cccc2N2CCC(C)CC2)C1=O. The van der Waals surface area contributed by atoms with E-state index in [1.165, 1.54) is 0 Å². The predicted octanol–water partition coefficient (Wildman–Crippen LogP) is 2.77. The summed E-state index contributed by atoms with van der Waals surface area (Å²) < 4.78 is 0. The molecule has 0 bridgehead atoms. The molecule has 0 spiro atoms. The van der Waals surface area contributed by atoms with E-state index in [0.29, 0.717) is 18.5 Å². The number of nitrogens with zero attached hydrogens (tertiary/aromatic N) is 2. The normalized spacial score (nSPS) is 17.4. The van der Waals surface area contributed by atoms with Crippen LogP contribution >= 0.6 is 0 Å². The zero-order valence-electron chi connectivity index (χ0n) is 16.9. The molecule has 1 N–H and O–H groups in total. The number of nitrogens with one attached hydrogen (secondary N) is 1. The van der Waals surface area contributed by atoms with Crippen molar-refractivity contribution in [3.8, 4) is 0 Å². The van der Waals surface area contributed by atoms with E-state index in [2.05, 4.69) is 36.4 Å². The van der Waals surface area contributed by atoms with Crippen LogP contribution in [0.15, 0.2) is 31.4 Å². The van der Waals surface area contributed by atoms with Gasteiger partial charge in [-0.2, -0.15) is 0 Å². The molecule has 2 aliphatic rings. The van der Waals surface area contributed by atoms with Gasteiger partial charge in [-0.05, 0) is 37.3 Å². The lowest BCUT2D eigenvalue weighted by Crippen LogP contribution is -2.37. The quantitative estimate of drug-likeness (QED) is 0.604. The van der Waals surface area contributed by atoms with Gasteiger partial charge in [-0.3, -0.25) is 9.59 Å². The van der Waals surface area contributed by atoms with Gasteiger partial charge >= 0.3 is 0 Å². The summed E-state index contributed by atoms with van der Waals surface area (Å²) in [7, 11) is 1.57. The molecular formula is C22H31N3O3. The van der Waals surface area contributed by atoms with Gasteiger partial charge < -0.3 is 19.9 Å². The molecule has 1 saturated heterocycles. The molecule has 3 rings (SSSR count). The first-order valence-corrected chi connectivity index (χ1v) is 9.88. The number of hydrogen-bond acceptors (Lipinski definition) is 4. The molecule has 28 heavy (non-hydrogen) atoms. The minimum atomic E-state index is -0.568. The number of benzene rings is 1. The maximum atomic E-state index is 12.8. The Kier molecular flexibility index (Phi) is 7.79. The Hall–Kier alpha value is -2.63. The first-order chi connectivity index (χ1) is 13.5. The van der Waals surface area contributed by atoms with Crippen LogP contribution in [-0.2, 0) is 16.1 Å². The van der Waals surface area contributed by atoms with E-state index in [1.807, 2.05) is 12.1 Å². The molecule has 152 valence electrons. The van der Waals surface area contributed by atoms with Crippen molar-refractivity contribution in [2.24, 2.45) is 5.92 Å². The third-order valence-corrected chi connectivity index (χ3v) is 5.60. The van der Waals surface area contributed by atoms with E-state index in [0.717, 1.165) is 49.4 Å². The highest BCUT2D eigenvalue weighted by Crippen LogP contribution is 2.34. The van der Waals surface area contributed by atoms with Gasteiger partial charge in [-0.25, -0.2) is 0 Å². The summed E-state index contributed by atoms with van der Waals surface area (Å²) in [5, 5.41) is 2.55. The molecule has 2 aliphatic heterocycles. The van der Waals surface area contributed by atoms with Crippen molar-refractivity contribution < 1.29 is 14.4 Å². The van der Waals surface area contributed by atoms with Gasteiger partial charge in [0.15, 0.2) is 0 Å². The zero-order chi connectivity index (χ0) is 20.7. The number of carbonyl (C=O) groups is 3. The van der Waals surface area contributed by atoms with E-state index in [-0.39, 0.29) is 18.2 Å². The van der Waals surface area contributed by atoms with Crippen LogP contribution in [0.3, 0.4) is 0 Å². The van der Waals surface area contributed by atoms with Crippen LogP contribution in [-0.4, -0.2) is 49.2 Å². The van der Waals surface area contributed by atoms with Crippen molar-refractivity contribution >= 4 is 23.8 Å². The molecule has 1 aromatic rings. The monoisotopic (exact) mass is 385 g/mol. The highest BCUT2D eigenvalue weighted by atomic mass is 16.2. The third-order valence-electron chi connectivity index (χ3n) is 5.60. The van der Waals surface area contributed by atoms with Crippen molar-refractivity contribution in [2.45, 2.75) is 45.2 Å². The Morgan fingerprint density at radius 2 is 2.00 bits per heavy atom. The minimum absolute atomic E-state index is 0.110. The molecule has 1 unspecified atom stereocenters. The van der Waals surface area contributed by atoms with Crippen LogP contribution in [0.1, 0.15) is 48.5 Å². The van der Waals surface area contributed by atoms with Crippen LogP contribution in [0.25, 0.3) is 0 Å². The second-order valence-corrected chi connectivity index (χ2v) is 7.32. The Balaban J connectivity index is 0.00000136. The maximum absolute atomic E-state index is 12.8. The van der Waals surface area contributed by atoms with E-state index in [9.17, 15) is 14.4 Å². The van der Waals surface area contributed by atoms with Crippen LogP contribution in [0.2, 0.25) is 0 Å². The lowest BCUT2D eigenvalue weighted by Gasteiger charge is -2.33. The molecule has 0 aromatic heterocycles. The second-order valence-electron chi connectivity index (χ2n) is 7.32. The average Bonchev–Trinajstić information content (AvgIpc) is 3.07. The van der Waals surface area contributed by atoms with E-state index >= 15 is 0 Å². The average molecular weight is 386 g/mol. The van der Waals surface area contributed by atoms with Gasteiger partial charge in [0.1, 0.15) is 6.29 Å². The van der Waals surface area contributed by atoms with Crippen molar-refractivity contribution in [1.29, 1.82) is 0 Å². The number of anilines is 1. The number of rotatable bonds is 6. The van der Waals surface area contributed by atoms with Gasteiger partial charge in [0, 0.05) is 49.9 Å². The van der Waals surface area contributed by atoms with Crippen LogP contribution in [0.4, 0.5) is 5.69 Å². The molecule has 0 aliphatic carbocycles. The second kappa shape index (κ2) is 10.1. The predicted molar refractivity (Wildman–Crippen MR) is 111 cm³/mol. The summed E-state index contributed by atoms with van der Waals surface area (Å²) in [5.41, 5.74) is 2.81. The summed E-state index contributed by atoms with van der Waals surface area (Å²) in [5.74, 6) is 0.510. The van der Waals surface area contributed by atoms with Gasteiger partial charge in [-0.1, -0.05) is 13.0 Å². The Morgan fingerprint density at radius 1 is 1.32 bits per heavy atom. The molecule has 6 nitrogen and oxygen atoms in total. The van der Waals surface area contributed by atoms with Gasteiger partial charge in [0.25, 0.3) is 5.91 Å². The lowest BCUT2D eigenvalue weighted by molar-refractivity contribution is -0.121. The summed E-state index contributed by atoms with van der Waals surface area (Å²) in [4.78, 5) is 39.9. The Labute approximate surface area is 167 Å². The summed E-state index contributed by atoms with van der Waals surface area (Å²) in [6.07, 6.45) is 3.68. The van der Waals surface area contributed by atoms with Gasteiger partial charge in [0.05, 0.1) is 6.04 Å². The molecule has 1 atom stereocenters. The molecule has 2 amide bonds. The van der Waals surface area contributed by atoms with Crippen LogP contribution in [0.5, 0.6) is 0 Å². The number of piperidine rings is 1. The Bertz CT molecular complexity index is 711. The molecule has 1 fully saturated rings. The highest BCUT2D eigenvalue weighted by molar-refractivity contribution is 6.01. The summed E-state index contributed by atoms with van der Waals surface area (Å²) in [6.45, 7) is 10.7.